The first-order valence-corrected chi connectivity index (χ1v) is 6.25. The molecule has 0 unspecified atom stereocenters. The van der Waals surface area contributed by atoms with Gasteiger partial charge in [-0.25, -0.2) is 0 Å². The van der Waals surface area contributed by atoms with Crippen LogP contribution in [0.3, 0.4) is 0 Å². The molecular formula is C12H16N2O7. The number of non-ortho nitro benzene ring substituents is 1. The molecule has 9 nitrogen and oxygen atoms in total. The van der Waals surface area contributed by atoms with Gasteiger partial charge in [-0.2, -0.15) is 0 Å². The summed E-state index contributed by atoms with van der Waals surface area (Å²) >= 11 is 0. The molecule has 1 rings (SSSR count). The Hall–Kier alpha value is -2.07. The number of hydrogen-bond donors (Lipinski definition) is 2. The second-order valence-corrected chi connectivity index (χ2v) is 4.12. The molecule has 0 heterocycles. The molecular weight excluding hydrogens is 284 g/mol. The summed E-state index contributed by atoms with van der Waals surface area (Å²) in [6.07, 6.45) is 1.97. The van der Waals surface area contributed by atoms with Gasteiger partial charge in [0.2, 0.25) is 0 Å². The van der Waals surface area contributed by atoms with Crippen LogP contribution in [-0.4, -0.2) is 33.3 Å². The fourth-order valence-corrected chi connectivity index (χ4v) is 1.51. The number of carbonyl (C=O) groups excluding carboxylic acids is 1. The number of ether oxygens (including phenoxy) is 1. The first kappa shape index (κ1) is 17.0. The van der Waals surface area contributed by atoms with Gasteiger partial charge in [0.15, 0.2) is 0 Å². The van der Waals surface area contributed by atoms with Gasteiger partial charge < -0.3 is 4.74 Å². The molecule has 0 spiro atoms. The van der Waals surface area contributed by atoms with Crippen LogP contribution >= 0.6 is 0 Å². The third-order valence-corrected chi connectivity index (χ3v) is 2.51. The predicted octanol–water partition coefficient (Wildman–Crippen LogP) is 2.07. The largest absolute Gasteiger partial charge is 0.427 e. The van der Waals surface area contributed by atoms with Crippen LogP contribution in [0.15, 0.2) is 24.3 Å². The Bertz CT molecular complexity index is 461. The van der Waals surface area contributed by atoms with Crippen molar-refractivity contribution in [3.63, 3.8) is 0 Å². The SMILES string of the molecule is O=C(CCCCCON(O)O)Oc1ccc([N+](=O)[O-])cc1. The number of benzene rings is 1. The van der Waals surface area contributed by atoms with E-state index in [-0.39, 0.29) is 29.9 Å². The van der Waals surface area contributed by atoms with E-state index in [1.54, 1.807) is 0 Å². The van der Waals surface area contributed by atoms with E-state index in [2.05, 4.69) is 4.84 Å². The molecule has 0 aromatic heterocycles. The minimum Gasteiger partial charge on any atom is -0.427 e. The summed E-state index contributed by atoms with van der Waals surface area (Å²) in [4.78, 5) is 25.8. The van der Waals surface area contributed by atoms with E-state index in [9.17, 15) is 14.9 Å². The van der Waals surface area contributed by atoms with E-state index in [1.165, 1.54) is 24.3 Å². The molecule has 0 bridgehead atoms. The van der Waals surface area contributed by atoms with Crippen molar-refractivity contribution in [2.45, 2.75) is 25.7 Å². The maximum atomic E-state index is 11.5. The average Bonchev–Trinajstić information content (AvgIpc) is 2.43. The number of nitro groups is 1. The van der Waals surface area contributed by atoms with Crippen molar-refractivity contribution in [3.8, 4) is 5.75 Å². The summed E-state index contributed by atoms with van der Waals surface area (Å²) in [6, 6.07) is 5.24. The smallest absolute Gasteiger partial charge is 0.311 e. The summed E-state index contributed by atoms with van der Waals surface area (Å²) in [5, 5.41) is 26.6. The molecule has 0 amide bonds. The quantitative estimate of drug-likeness (QED) is 0.233. The van der Waals surface area contributed by atoms with Crippen LogP contribution in [0.2, 0.25) is 0 Å². The molecule has 116 valence electrons. The minimum absolute atomic E-state index is 0.0726. The van der Waals surface area contributed by atoms with Crippen molar-refractivity contribution in [2.24, 2.45) is 0 Å². The summed E-state index contributed by atoms with van der Waals surface area (Å²) < 4.78 is 5.01. The van der Waals surface area contributed by atoms with E-state index in [0.29, 0.717) is 19.3 Å². The van der Waals surface area contributed by atoms with Crippen LogP contribution in [0, 0.1) is 10.1 Å². The van der Waals surface area contributed by atoms with Gasteiger partial charge in [0, 0.05) is 18.6 Å². The van der Waals surface area contributed by atoms with Crippen molar-refractivity contribution >= 4 is 11.7 Å². The Balaban J connectivity index is 2.20. The Morgan fingerprint density at radius 3 is 2.43 bits per heavy atom. The van der Waals surface area contributed by atoms with Gasteiger partial charge in [0.1, 0.15) is 5.75 Å². The highest BCUT2D eigenvalue weighted by molar-refractivity contribution is 5.72. The molecule has 0 saturated carbocycles. The fourth-order valence-electron chi connectivity index (χ4n) is 1.51. The zero-order valence-corrected chi connectivity index (χ0v) is 11.2. The van der Waals surface area contributed by atoms with Gasteiger partial charge in [0.25, 0.3) is 5.69 Å². The lowest BCUT2D eigenvalue weighted by Crippen LogP contribution is -2.15. The fraction of sp³-hybridized carbons (Fsp3) is 0.417. The topological polar surface area (TPSA) is 122 Å². The molecule has 0 saturated heterocycles. The van der Waals surface area contributed by atoms with Crippen molar-refractivity contribution in [1.82, 2.24) is 5.39 Å². The third kappa shape index (κ3) is 7.32. The van der Waals surface area contributed by atoms with Crippen LogP contribution in [-0.2, 0) is 9.63 Å². The van der Waals surface area contributed by atoms with E-state index in [1.807, 2.05) is 0 Å². The van der Waals surface area contributed by atoms with Crippen molar-refractivity contribution < 1.29 is 29.7 Å². The Labute approximate surface area is 120 Å². The van der Waals surface area contributed by atoms with E-state index in [0.717, 1.165) is 0 Å². The maximum absolute atomic E-state index is 11.5. The zero-order valence-electron chi connectivity index (χ0n) is 11.2. The van der Waals surface area contributed by atoms with Gasteiger partial charge >= 0.3 is 5.97 Å². The number of nitro benzene ring substituents is 1. The summed E-state index contributed by atoms with van der Waals surface area (Å²) in [5.74, 6) is -0.180. The van der Waals surface area contributed by atoms with E-state index >= 15 is 0 Å². The number of rotatable bonds is 9. The highest BCUT2D eigenvalue weighted by Crippen LogP contribution is 2.18. The zero-order chi connectivity index (χ0) is 15.7. The van der Waals surface area contributed by atoms with Crippen LogP contribution in [0.5, 0.6) is 5.75 Å². The molecule has 0 atom stereocenters. The predicted molar refractivity (Wildman–Crippen MR) is 68.6 cm³/mol. The lowest BCUT2D eigenvalue weighted by Gasteiger charge is -2.06. The van der Waals surface area contributed by atoms with E-state index < -0.39 is 10.9 Å². The second kappa shape index (κ2) is 8.97. The molecule has 0 radical (unpaired) electrons. The van der Waals surface area contributed by atoms with Crippen molar-refractivity contribution in [3.05, 3.63) is 34.4 Å². The molecule has 0 aliphatic heterocycles. The van der Waals surface area contributed by atoms with Gasteiger partial charge in [-0.15, -0.1) is 0 Å². The lowest BCUT2D eigenvalue weighted by molar-refractivity contribution is -0.492. The number of unbranched alkanes of at least 4 members (excludes halogenated alkanes) is 2. The number of nitrogens with zero attached hydrogens (tertiary/aromatic N) is 2. The highest BCUT2D eigenvalue weighted by Gasteiger charge is 2.08. The van der Waals surface area contributed by atoms with Gasteiger partial charge in [0.05, 0.1) is 16.9 Å². The molecule has 0 fully saturated rings. The van der Waals surface area contributed by atoms with Gasteiger partial charge in [-0.1, -0.05) is 6.42 Å². The average molecular weight is 300 g/mol. The third-order valence-electron chi connectivity index (χ3n) is 2.51. The first-order chi connectivity index (χ1) is 9.99. The first-order valence-electron chi connectivity index (χ1n) is 6.25. The maximum Gasteiger partial charge on any atom is 0.311 e. The van der Waals surface area contributed by atoms with Crippen LogP contribution in [0.4, 0.5) is 5.69 Å². The van der Waals surface area contributed by atoms with Crippen LogP contribution < -0.4 is 4.74 Å². The molecule has 0 aliphatic rings. The van der Waals surface area contributed by atoms with Crippen molar-refractivity contribution in [1.29, 1.82) is 0 Å². The van der Waals surface area contributed by atoms with Crippen LogP contribution in [0.1, 0.15) is 25.7 Å². The van der Waals surface area contributed by atoms with Crippen molar-refractivity contribution in [2.75, 3.05) is 6.61 Å². The normalized spacial score (nSPS) is 10.6. The van der Waals surface area contributed by atoms with E-state index in [4.69, 9.17) is 15.2 Å². The monoisotopic (exact) mass is 300 g/mol. The molecule has 21 heavy (non-hydrogen) atoms. The molecule has 1 aromatic carbocycles. The minimum atomic E-state index is -0.534. The number of esters is 1. The Kier molecular flexibility index (Phi) is 7.26. The van der Waals surface area contributed by atoms with Gasteiger partial charge in [-0.05, 0) is 25.0 Å². The highest BCUT2D eigenvalue weighted by atomic mass is 17.1. The summed E-state index contributed by atoms with van der Waals surface area (Å²) in [7, 11) is 0. The number of carbonyl (C=O) groups is 1. The van der Waals surface area contributed by atoms with Gasteiger partial charge in [-0.3, -0.25) is 30.2 Å². The Morgan fingerprint density at radius 1 is 1.19 bits per heavy atom. The Morgan fingerprint density at radius 2 is 1.86 bits per heavy atom. The second-order valence-electron chi connectivity index (χ2n) is 4.12. The lowest BCUT2D eigenvalue weighted by atomic mass is 10.2. The molecule has 1 aromatic rings. The van der Waals surface area contributed by atoms with Crippen LogP contribution in [0.25, 0.3) is 0 Å². The molecule has 0 aliphatic carbocycles. The summed E-state index contributed by atoms with van der Waals surface area (Å²) in [6.45, 7) is 0.129. The summed E-state index contributed by atoms with van der Waals surface area (Å²) in [5.41, 5.74) is -0.0726. The standard InChI is InChI=1S/C12H16N2O7/c15-12(4-2-1-3-9-20-14(18)19)21-11-7-5-10(6-8-11)13(16)17/h5-8,18-19H,1-4,9H2. The number of hydrogen-bond acceptors (Lipinski definition) is 8. The molecule has 2 N–H and O–H groups in total. The molecule has 9 heteroatoms.